The predicted octanol–water partition coefficient (Wildman–Crippen LogP) is 7.58. The minimum Gasteiger partial charge on any atom is -0.492 e. The van der Waals surface area contributed by atoms with Gasteiger partial charge in [-0.25, -0.2) is 0 Å². The zero-order chi connectivity index (χ0) is 26.8. The summed E-state index contributed by atoms with van der Waals surface area (Å²) in [6.45, 7) is 11.4. The Morgan fingerprint density at radius 1 is 1.00 bits per heavy atom. The van der Waals surface area contributed by atoms with Gasteiger partial charge in [0.15, 0.2) is 5.78 Å². The molecule has 1 heterocycles. The smallest absolute Gasteiger partial charge is 0.270 e. The van der Waals surface area contributed by atoms with Crippen LogP contribution < -0.4 is 4.74 Å². The number of hydrogen-bond acceptors (Lipinski definition) is 6. The van der Waals surface area contributed by atoms with Crippen LogP contribution in [0.2, 0.25) is 0 Å². The Bertz CT molecular complexity index is 1160. The molecule has 7 nitrogen and oxygen atoms in total. The summed E-state index contributed by atoms with van der Waals surface area (Å²) in [6.07, 6.45) is 7.11. The van der Waals surface area contributed by atoms with E-state index in [1.54, 1.807) is 18.2 Å². The second-order valence-electron chi connectivity index (χ2n) is 9.70. The third kappa shape index (κ3) is 7.41. The molecule has 0 aliphatic carbocycles. The van der Waals surface area contributed by atoms with Gasteiger partial charge in [-0.05, 0) is 69.6 Å². The first kappa shape index (κ1) is 28.4. The normalized spacial score (nSPS) is 12.2. The first-order valence-corrected chi connectivity index (χ1v) is 13.6. The number of nitrogens with zero attached hydrogens (tertiary/aromatic N) is 2. The summed E-state index contributed by atoms with van der Waals surface area (Å²) < 4.78 is 12.0. The maximum Gasteiger partial charge on any atom is 0.270 e. The van der Waals surface area contributed by atoms with E-state index in [1.165, 1.54) is 37.8 Å². The molecule has 2 aromatic carbocycles. The van der Waals surface area contributed by atoms with Gasteiger partial charge in [0.05, 0.1) is 10.5 Å². The molecule has 0 bridgehead atoms. The zero-order valence-corrected chi connectivity index (χ0v) is 22.6. The summed E-state index contributed by atoms with van der Waals surface area (Å²) in [5.74, 6) is 1.10. The Labute approximate surface area is 219 Å². The molecule has 37 heavy (non-hydrogen) atoms. The molecule has 0 saturated carbocycles. The van der Waals surface area contributed by atoms with Gasteiger partial charge < -0.3 is 9.15 Å². The second-order valence-corrected chi connectivity index (χ2v) is 9.70. The van der Waals surface area contributed by atoms with Gasteiger partial charge in [0.1, 0.15) is 23.7 Å². The maximum atomic E-state index is 13.6. The fraction of sp³-hybridized carbons (Fsp3) is 0.500. The number of benzene rings is 2. The molecule has 0 N–H and O–H groups in total. The molecule has 1 unspecified atom stereocenters. The van der Waals surface area contributed by atoms with Crippen LogP contribution in [0.15, 0.2) is 46.9 Å². The highest BCUT2D eigenvalue weighted by molar-refractivity contribution is 6.17. The Morgan fingerprint density at radius 3 is 2.24 bits per heavy atom. The van der Waals surface area contributed by atoms with Crippen LogP contribution >= 0.6 is 0 Å². The van der Waals surface area contributed by atoms with Crippen LogP contribution in [0.25, 0.3) is 11.0 Å². The van der Waals surface area contributed by atoms with E-state index in [9.17, 15) is 14.9 Å². The van der Waals surface area contributed by atoms with E-state index in [0.717, 1.165) is 25.9 Å². The molecule has 1 aromatic heterocycles. The van der Waals surface area contributed by atoms with E-state index in [4.69, 9.17) is 9.15 Å². The third-order valence-corrected chi connectivity index (χ3v) is 6.77. The van der Waals surface area contributed by atoms with Gasteiger partial charge in [0, 0.05) is 35.5 Å². The molecular formula is C30H40N2O5. The fourth-order valence-corrected chi connectivity index (χ4v) is 4.46. The zero-order valence-electron chi connectivity index (χ0n) is 22.6. The predicted molar refractivity (Wildman–Crippen MR) is 148 cm³/mol. The molecule has 200 valence electrons. The van der Waals surface area contributed by atoms with Gasteiger partial charge in [0.2, 0.25) is 0 Å². The van der Waals surface area contributed by atoms with E-state index in [1.807, 2.05) is 12.1 Å². The molecule has 3 aromatic rings. The lowest BCUT2D eigenvalue weighted by atomic mass is 9.98. The van der Waals surface area contributed by atoms with Crippen molar-refractivity contribution >= 4 is 22.4 Å². The third-order valence-electron chi connectivity index (χ3n) is 6.77. The average Bonchev–Trinajstić information content (AvgIpc) is 3.28. The number of nitro benzene ring substituents is 1. The van der Waals surface area contributed by atoms with Crippen molar-refractivity contribution < 1.29 is 18.9 Å². The SMILES string of the molecule is CCCCc1oc2ccc([N+](=O)[O-])cc2c1C(=O)c1ccc(OCC(C)N(CCCC)CCCC)cc1. The lowest BCUT2D eigenvalue weighted by Gasteiger charge is -2.29. The summed E-state index contributed by atoms with van der Waals surface area (Å²) in [5, 5.41) is 11.8. The molecule has 0 fully saturated rings. The Morgan fingerprint density at radius 2 is 1.65 bits per heavy atom. The lowest BCUT2D eigenvalue weighted by Crippen LogP contribution is -2.38. The molecule has 0 aliphatic rings. The number of aryl methyl sites for hydroxylation is 1. The molecule has 0 aliphatic heterocycles. The molecule has 0 radical (unpaired) electrons. The summed E-state index contributed by atoms with van der Waals surface area (Å²) in [4.78, 5) is 27.0. The number of ketones is 1. The van der Waals surface area contributed by atoms with Crippen molar-refractivity contribution in [2.45, 2.75) is 78.7 Å². The van der Waals surface area contributed by atoms with Crippen LogP contribution in [-0.2, 0) is 6.42 Å². The Balaban J connectivity index is 1.77. The number of ether oxygens (including phenoxy) is 1. The number of hydrogen-bond donors (Lipinski definition) is 0. The number of fused-ring (bicyclic) bond motifs is 1. The Hall–Kier alpha value is -3.19. The molecule has 7 heteroatoms. The lowest BCUT2D eigenvalue weighted by molar-refractivity contribution is -0.384. The van der Waals surface area contributed by atoms with Gasteiger partial charge in [-0.15, -0.1) is 0 Å². The number of rotatable bonds is 16. The van der Waals surface area contributed by atoms with Crippen LogP contribution in [0.3, 0.4) is 0 Å². The Kier molecular flexibility index (Phi) is 10.7. The largest absolute Gasteiger partial charge is 0.492 e. The van der Waals surface area contributed by atoms with Gasteiger partial charge in [-0.2, -0.15) is 0 Å². The number of nitro groups is 1. The van der Waals surface area contributed by atoms with E-state index < -0.39 is 4.92 Å². The highest BCUT2D eigenvalue weighted by atomic mass is 16.6. The topological polar surface area (TPSA) is 85.8 Å². The summed E-state index contributed by atoms with van der Waals surface area (Å²) in [5.41, 5.74) is 1.34. The van der Waals surface area contributed by atoms with Gasteiger partial charge in [-0.1, -0.05) is 40.0 Å². The highest BCUT2D eigenvalue weighted by Gasteiger charge is 2.24. The monoisotopic (exact) mass is 508 g/mol. The van der Waals surface area contributed by atoms with Gasteiger partial charge in [-0.3, -0.25) is 19.8 Å². The van der Waals surface area contributed by atoms with Crippen LogP contribution in [0.4, 0.5) is 5.69 Å². The minimum absolute atomic E-state index is 0.0609. The minimum atomic E-state index is -0.453. The van der Waals surface area contributed by atoms with Crippen molar-refractivity contribution in [2.24, 2.45) is 0 Å². The molecule has 0 saturated heterocycles. The molecule has 0 amide bonds. The van der Waals surface area contributed by atoms with Gasteiger partial charge >= 0.3 is 0 Å². The highest BCUT2D eigenvalue weighted by Crippen LogP contribution is 2.32. The van der Waals surface area contributed by atoms with Crippen LogP contribution in [-0.4, -0.2) is 41.3 Å². The standard InChI is InChI=1S/C30H40N2O5/c1-5-8-11-28-29(26-20-24(32(34)35)14-17-27(26)37-28)30(33)23-12-15-25(16-13-23)36-21-22(4)31(18-9-6-2)19-10-7-3/h12-17,20,22H,5-11,18-19,21H2,1-4H3. The van der Waals surface area contributed by atoms with Crippen molar-refractivity contribution in [2.75, 3.05) is 19.7 Å². The average molecular weight is 509 g/mol. The number of non-ortho nitro benzene ring substituents is 1. The molecule has 0 spiro atoms. The van der Waals surface area contributed by atoms with Crippen LogP contribution in [0, 0.1) is 10.1 Å². The first-order chi connectivity index (χ1) is 17.9. The van der Waals surface area contributed by atoms with Crippen molar-refractivity contribution in [1.29, 1.82) is 0 Å². The van der Waals surface area contributed by atoms with E-state index in [0.29, 0.717) is 52.7 Å². The number of unbranched alkanes of at least 4 members (excludes halogenated alkanes) is 3. The van der Waals surface area contributed by atoms with E-state index in [2.05, 4.69) is 32.6 Å². The van der Waals surface area contributed by atoms with E-state index in [-0.39, 0.29) is 11.5 Å². The van der Waals surface area contributed by atoms with Crippen molar-refractivity contribution in [1.82, 2.24) is 4.90 Å². The molecule has 3 rings (SSSR count). The maximum absolute atomic E-state index is 13.6. The quantitative estimate of drug-likeness (QED) is 0.113. The summed E-state index contributed by atoms with van der Waals surface area (Å²) in [6, 6.07) is 11.9. The number of furan rings is 1. The fourth-order valence-electron chi connectivity index (χ4n) is 4.46. The molecule has 1 atom stereocenters. The molecular weight excluding hydrogens is 468 g/mol. The van der Waals surface area contributed by atoms with Crippen molar-refractivity contribution in [3.8, 4) is 5.75 Å². The second kappa shape index (κ2) is 13.9. The number of carbonyl (C=O) groups excluding carboxylic acids is 1. The van der Waals surface area contributed by atoms with Crippen LogP contribution in [0.5, 0.6) is 5.75 Å². The first-order valence-electron chi connectivity index (χ1n) is 13.6. The summed E-state index contributed by atoms with van der Waals surface area (Å²) >= 11 is 0. The number of carbonyl (C=O) groups is 1. The van der Waals surface area contributed by atoms with Crippen molar-refractivity contribution in [3.05, 3.63) is 69.5 Å². The van der Waals surface area contributed by atoms with Gasteiger partial charge in [0.25, 0.3) is 5.69 Å². The van der Waals surface area contributed by atoms with Crippen molar-refractivity contribution in [3.63, 3.8) is 0 Å². The van der Waals surface area contributed by atoms with Crippen LogP contribution in [0.1, 0.15) is 87.9 Å². The summed E-state index contributed by atoms with van der Waals surface area (Å²) in [7, 11) is 0. The van der Waals surface area contributed by atoms with E-state index >= 15 is 0 Å².